The van der Waals surface area contributed by atoms with Gasteiger partial charge in [-0.15, -0.1) is 0 Å². The summed E-state index contributed by atoms with van der Waals surface area (Å²) in [6, 6.07) is 17.8. The van der Waals surface area contributed by atoms with Crippen LogP contribution in [0.2, 0.25) is 0 Å². The molecule has 0 saturated heterocycles. The van der Waals surface area contributed by atoms with Gasteiger partial charge < -0.3 is 5.32 Å². The molecule has 1 aromatic carbocycles. The zero-order chi connectivity index (χ0) is 12.7. The van der Waals surface area contributed by atoms with Gasteiger partial charge in [0.15, 0.2) is 0 Å². The molecule has 1 N–H and O–H groups in total. The van der Waals surface area contributed by atoms with Gasteiger partial charge >= 0.3 is 0 Å². The highest BCUT2D eigenvalue weighted by Gasteiger charge is 2.19. The minimum Gasteiger partial charge on any atom is -0.347 e. The highest BCUT2D eigenvalue weighted by Crippen LogP contribution is 2.17. The molecule has 0 aliphatic rings. The molecule has 0 bridgehead atoms. The summed E-state index contributed by atoms with van der Waals surface area (Å²) in [5.74, 6) is -0.0270. The molecule has 0 aromatic heterocycles. The minimum atomic E-state index is -0.372. The van der Waals surface area contributed by atoms with E-state index >= 15 is 0 Å². The standard InChI is InChI=1S/C15H19NO/c1-13(17)16-15(2,3)14-11-9-7-5-4-6-8-10-12-14/h4-12H,1-3H3,(H,16,17). The summed E-state index contributed by atoms with van der Waals surface area (Å²) < 4.78 is 0. The predicted octanol–water partition coefficient (Wildman–Crippen LogP) is 3.18. The Bertz CT molecular complexity index is 412. The first-order chi connectivity index (χ1) is 8.02. The topological polar surface area (TPSA) is 29.1 Å². The zero-order valence-electron chi connectivity index (χ0n) is 10.6. The largest absolute Gasteiger partial charge is 0.347 e. The van der Waals surface area contributed by atoms with Gasteiger partial charge in [-0.05, 0) is 19.4 Å². The maximum absolute atomic E-state index is 11.2. The molecule has 17 heavy (non-hydrogen) atoms. The monoisotopic (exact) mass is 229 g/mol. The molecule has 1 rings (SSSR count). The number of hydrogen-bond acceptors (Lipinski definition) is 1. The van der Waals surface area contributed by atoms with Crippen molar-refractivity contribution in [2.75, 3.05) is 0 Å². The van der Waals surface area contributed by atoms with Crippen LogP contribution in [0.3, 0.4) is 0 Å². The molecule has 2 heteroatoms. The molecule has 0 saturated carbocycles. The van der Waals surface area contributed by atoms with Crippen LogP contribution in [0.15, 0.2) is 54.6 Å². The molecule has 2 nitrogen and oxygen atoms in total. The van der Waals surface area contributed by atoms with Gasteiger partial charge in [-0.1, -0.05) is 54.6 Å². The Kier molecular flexibility index (Phi) is 4.70. The first kappa shape index (κ1) is 13.2. The molecule has 0 unspecified atom stereocenters. The van der Waals surface area contributed by atoms with Crippen LogP contribution >= 0.6 is 0 Å². The van der Waals surface area contributed by atoms with E-state index in [1.54, 1.807) is 0 Å². The average Bonchev–Trinajstić information content (AvgIpc) is 2.24. The summed E-state index contributed by atoms with van der Waals surface area (Å²) in [6.07, 6.45) is 0. The Balaban J connectivity index is 3.16. The lowest BCUT2D eigenvalue weighted by Crippen LogP contribution is -2.39. The molecule has 0 aliphatic carbocycles. The third-order valence-electron chi connectivity index (χ3n) is 2.43. The lowest BCUT2D eigenvalue weighted by atomic mass is 9.95. The van der Waals surface area contributed by atoms with Crippen molar-refractivity contribution in [2.24, 2.45) is 0 Å². The zero-order valence-corrected chi connectivity index (χ0v) is 10.6. The fraction of sp³-hybridized carbons (Fsp3) is 0.267. The number of amides is 1. The van der Waals surface area contributed by atoms with Crippen LogP contribution in [0.4, 0.5) is 0 Å². The summed E-state index contributed by atoms with van der Waals surface area (Å²) in [7, 11) is 0. The van der Waals surface area contributed by atoms with Crippen molar-refractivity contribution in [1.82, 2.24) is 5.32 Å². The summed E-state index contributed by atoms with van der Waals surface area (Å²) in [4.78, 5) is 11.2. The molecule has 90 valence electrons. The second-order valence-electron chi connectivity index (χ2n) is 4.44. The van der Waals surface area contributed by atoms with Gasteiger partial charge in [0.2, 0.25) is 5.91 Å². The van der Waals surface area contributed by atoms with E-state index in [9.17, 15) is 4.79 Å². The Labute approximate surface area is 103 Å². The van der Waals surface area contributed by atoms with Crippen LogP contribution in [0.1, 0.15) is 26.3 Å². The Morgan fingerprint density at radius 2 is 1.35 bits per heavy atom. The van der Waals surface area contributed by atoms with Crippen LogP contribution in [-0.2, 0) is 10.3 Å². The number of hydrogen-bond donors (Lipinski definition) is 1. The van der Waals surface area contributed by atoms with E-state index in [0.717, 1.165) is 5.56 Å². The molecule has 0 spiro atoms. The van der Waals surface area contributed by atoms with E-state index in [1.165, 1.54) is 6.92 Å². The fourth-order valence-electron chi connectivity index (χ4n) is 1.62. The summed E-state index contributed by atoms with van der Waals surface area (Å²) in [6.45, 7) is 5.51. The van der Waals surface area contributed by atoms with Crippen LogP contribution < -0.4 is 5.32 Å². The van der Waals surface area contributed by atoms with Gasteiger partial charge in [0.05, 0.1) is 5.54 Å². The summed E-state index contributed by atoms with van der Waals surface area (Å²) >= 11 is 0. The van der Waals surface area contributed by atoms with Crippen LogP contribution in [-0.4, -0.2) is 5.91 Å². The lowest BCUT2D eigenvalue weighted by molar-refractivity contribution is -0.120. The SMILES string of the molecule is CC(=O)NC(C)(C)c1ccccccccc1. The lowest BCUT2D eigenvalue weighted by Gasteiger charge is -2.25. The average molecular weight is 229 g/mol. The maximum Gasteiger partial charge on any atom is 0.217 e. The van der Waals surface area contributed by atoms with Crippen LogP contribution in [0.5, 0.6) is 0 Å². The Morgan fingerprint density at radius 1 is 0.941 bits per heavy atom. The van der Waals surface area contributed by atoms with Crippen molar-refractivity contribution in [2.45, 2.75) is 26.3 Å². The molecular weight excluding hydrogens is 210 g/mol. The van der Waals surface area contributed by atoms with Gasteiger partial charge in [-0.2, -0.15) is 0 Å². The van der Waals surface area contributed by atoms with Crippen LogP contribution in [0.25, 0.3) is 0 Å². The number of carbonyl (C=O) groups is 1. The van der Waals surface area contributed by atoms with Gasteiger partial charge in [0, 0.05) is 6.92 Å². The van der Waals surface area contributed by atoms with Crippen molar-refractivity contribution >= 4 is 5.91 Å². The van der Waals surface area contributed by atoms with Crippen molar-refractivity contribution < 1.29 is 4.79 Å². The Morgan fingerprint density at radius 3 is 1.76 bits per heavy atom. The smallest absolute Gasteiger partial charge is 0.217 e. The highest BCUT2D eigenvalue weighted by molar-refractivity contribution is 5.74. The minimum absolute atomic E-state index is 0.0270. The first-order valence-electron chi connectivity index (χ1n) is 5.70. The molecule has 0 fully saturated rings. The van der Waals surface area contributed by atoms with E-state index in [2.05, 4.69) is 5.32 Å². The fourth-order valence-corrected chi connectivity index (χ4v) is 1.62. The summed E-state index contributed by atoms with van der Waals surface area (Å²) in [5, 5.41) is 2.94. The first-order valence-corrected chi connectivity index (χ1v) is 5.70. The molecule has 0 radical (unpaired) electrons. The van der Waals surface area contributed by atoms with Crippen LogP contribution in [0, 0.1) is 0 Å². The molecule has 1 aromatic rings. The quantitative estimate of drug-likeness (QED) is 0.829. The van der Waals surface area contributed by atoms with Crippen molar-refractivity contribution in [3.05, 3.63) is 60.2 Å². The van der Waals surface area contributed by atoms with Crippen molar-refractivity contribution in [3.63, 3.8) is 0 Å². The van der Waals surface area contributed by atoms with E-state index in [-0.39, 0.29) is 11.4 Å². The van der Waals surface area contributed by atoms with Gasteiger partial charge in [0.1, 0.15) is 0 Å². The van der Waals surface area contributed by atoms with E-state index in [1.807, 2.05) is 68.4 Å². The second kappa shape index (κ2) is 6.04. The number of carbonyl (C=O) groups excluding carboxylic acids is 1. The molecular formula is C15H19NO. The third kappa shape index (κ3) is 4.68. The van der Waals surface area contributed by atoms with E-state index in [4.69, 9.17) is 0 Å². The number of nitrogens with one attached hydrogen (secondary N) is 1. The van der Waals surface area contributed by atoms with Crippen molar-refractivity contribution in [1.29, 1.82) is 0 Å². The van der Waals surface area contributed by atoms with E-state index < -0.39 is 0 Å². The third-order valence-corrected chi connectivity index (χ3v) is 2.43. The van der Waals surface area contributed by atoms with Gasteiger partial charge in [-0.3, -0.25) is 4.79 Å². The molecule has 0 aliphatic heterocycles. The predicted molar refractivity (Wildman–Crippen MR) is 70.9 cm³/mol. The van der Waals surface area contributed by atoms with Gasteiger partial charge in [-0.25, -0.2) is 0 Å². The normalized spacial score (nSPS) is 10.3. The molecule has 1 amide bonds. The Hall–Kier alpha value is -1.83. The van der Waals surface area contributed by atoms with E-state index in [0.29, 0.717) is 0 Å². The second-order valence-corrected chi connectivity index (χ2v) is 4.44. The maximum atomic E-state index is 11.2. The highest BCUT2D eigenvalue weighted by atomic mass is 16.1. The van der Waals surface area contributed by atoms with Gasteiger partial charge in [0.25, 0.3) is 0 Å². The summed E-state index contributed by atoms with van der Waals surface area (Å²) in [5.41, 5.74) is 0.688. The van der Waals surface area contributed by atoms with Crippen molar-refractivity contribution in [3.8, 4) is 0 Å². The molecule has 0 heterocycles. The number of rotatable bonds is 2. The molecule has 0 atom stereocenters.